The van der Waals surface area contributed by atoms with Gasteiger partial charge in [0.25, 0.3) is 5.91 Å². The maximum atomic E-state index is 13.0. The Kier molecular flexibility index (Phi) is 6.99. The summed E-state index contributed by atoms with van der Waals surface area (Å²) in [6.07, 6.45) is -3.69. The van der Waals surface area contributed by atoms with Gasteiger partial charge in [-0.05, 0) is 31.9 Å². The summed E-state index contributed by atoms with van der Waals surface area (Å²) in [5.41, 5.74) is 1.02. The first-order valence-electron chi connectivity index (χ1n) is 9.43. The predicted molar refractivity (Wildman–Crippen MR) is 108 cm³/mol. The molecule has 7 nitrogen and oxygen atoms in total. The van der Waals surface area contributed by atoms with Crippen LogP contribution < -0.4 is 10.1 Å². The van der Waals surface area contributed by atoms with Crippen molar-refractivity contribution >= 4 is 23.2 Å². The molecule has 1 aromatic heterocycles. The van der Waals surface area contributed by atoms with Crippen molar-refractivity contribution in [3.63, 3.8) is 0 Å². The Morgan fingerprint density at radius 1 is 1.32 bits per heavy atom. The van der Waals surface area contributed by atoms with E-state index in [1.807, 2.05) is 0 Å². The lowest BCUT2D eigenvalue weighted by molar-refractivity contribution is -0.189. The minimum Gasteiger partial charge on any atom is -0.463 e. The molecule has 1 heterocycles. The number of alkyl halides is 3. The van der Waals surface area contributed by atoms with Crippen molar-refractivity contribution in [3.8, 4) is 17.1 Å². The van der Waals surface area contributed by atoms with Crippen LogP contribution >= 0.6 is 11.6 Å². The van der Waals surface area contributed by atoms with Gasteiger partial charge >= 0.3 is 6.18 Å². The molecule has 0 bridgehead atoms. The molecule has 2 aromatic rings. The largest absolute Gasteiger partial charge is 0.463 e. The molecule has 0 saturated heterocycles. The summed E-state index contributed by atoms with van der Waals surface area (Å²) in [5, 5.41) is 7.04. The molecule has 166 valence electrons. The third kappa shape index (κ3) is 6.06. The number of oxime groups is 1. The molecular weight excluding hydrogens is 437 g/mol. The summed E-state index contributed by atoms with van der Waals surface area (Å²) >= 11 is 5.89. The highest BCUT2D eigenvalue weighted by Gasteiger charge is 2.39. The van der Waals surface area contributed by atoms with Crippen LogP contribution in [0.5, 0.6) is 5.88 Å². The second kappa shape index (κ2) is 9.51. The molecule has 11 heteroatoms. The molecule has 31 heavy (non-hydrogen) atoms. The summed E-state index contributed by atoms with van der Waals surface area (Å²) in [6, 6.07) is 6.20. The van der Waals surface area contributed by atoms with E-state index in [9.17, 15) is 18.0 Å². The number of aromatic nitrogens is 2. The van der Waals surface area contributed by atoms with E-state index in [-0.39, 0.29) is 29.7 Å². The SMILES string of the molecule is CO/N=C(/CNC(=O)c1cnc(OC(C)C(F)(F)F)c(-c2ccc(Cl)cc2)n1)C1CC1. The number of amides is 1. The Balaban J connectivity index is 1.86. The minimum absolute atomic E-state index is 0.00612. The van der Waals surface area contributed by atoms with Gasteiger partial charge < -0.3 is 14.9 Å². The summed E-state index contributed by atoms with van der Waals surface area (Å²) in [4.78, 5) is 25.5. The van der Waals surface area contributed by atoms with E-state index < -0.39 is 18.2 Å². The van der Waals surface area contributed by atoms with E-state index >= 15 is 0 Å². The summed E-state index contributed by atoms with van der Waals surface area (Å²) in [5.74, 6) is -0.624. The molecule has 0 spiro atoms. The number of nitrogens with one attached hydrogen (secondary N) is 1. The fourth-order valence-electron chi connectivity index (χ4n) is 2.65. The zero-order chi connectivity index (χ0) is 22.6. The fourth-order valence-corrected chi connectivity index (χ4v) is 2.78. The Labute approximate surface area is 181 Å². The van der Waals surface area contributed by atoms with Crippen LogP contribution in [0.3, 0.4) is 0 Å². The molecule has 1 N–H and O–H groups in total. The number of benzene rings is 1. The van der Waals surface area contributed by atoms with Crippen molar-refractivity contribution in [2.24, 2.45) is 11.1 Å². The van der Waals surface area contributed by atoms with Crippen LogP contribution in [0.4, 0.5) is 13.2 Å². The van der Waals surface area contributed by atoms with Gasteiger partial charge in [0.2, 0.25) is 5.88 Å². The lowest BCUT2D eigenvalue weighted by atomic mass is 10.1. The van der Waals surface area contributed by atoms with Crippen LogP contribution in [0.15, 0.2) is 35.6 Å². The fraction of sp³-hybridized carbons (Fsp3) is 0.400. The van der Waals surface area contributed by atoms with Crippen molar-refractivity contribution in [1.82, 2.24) is 15.3 Å². The number of ether oxygens (including phenoxy) is 1. The predicted octanol–water partition coefficient (Wildman–Crippen LogP) is 4.27. The Morgan fingerprint density at radius 3 is 2.58 bits per heavy atom. The van der Waals surface area contributed by atoms with Crippen molar-refractivity contribution < 1.29 is 27.5 Å². The average Bonchev–Trinajstić information content (AvgIpc) is 3.56. The summed E-state index contributed by atoms with van der Waals surface area (Å²) in [7, 11) is 1.43. The molecule has 1 unspecified atom stereocenters. The summed E-state index contributed by atoms with van der Waals surface area (Å²) < 4.78 is 43.9. The molecule has 1 aromatic carbocycles. The third-order valence-electron chi connectivity index (χ3n) is 4.53. The molecule has 1 saturated carbocycles. The zero-order valence-corrected chi connectivity index (χ0v) is 17.5. The molecule has 1 aliphatic carbocycles. The van der Waals surface area contributed by atoms with Gasteiger partial charge in [-0.2, -0.15) is 13.2 Å². The number of rotatable bonds is 8. The highest BCUT2D eigenvalue weighted by molar-refractivity contribution is 6.30. The van der Waals surface area contributed by atoms with Gasteiger partial charge in [-0.3, -0.25) is 4.79 Å². The van der Waals surface area contributed by atoms with Gasteiger partial charge in [0.15, 0.2) is 6.10 Å². The van der Waals surface area contributed by atoms with Gasteiger partial charge in [-0.15, -0.1) is 0 Å². The quantitative estimate of drug-likeness (QED) is 0.473. The lowest BCUT2D eigenvalue weighted by Gasteiger charge is -2.19. The lowest BCUT2D eigenvalue weighted by Crippen LogP contribution is -2.32. The topological polar surface area (TPSA) is 85.7 Å². The molecular formula is C20H20ClF3N4O3. The minimum atomic E-state index is -4.59. The van der Waals surface area contributed by atoms with Crippen LogP contribution in [0.1, 0.15) is 30.3 Å². The standard InChI is InChI=1S/C20H20ClF3N4O3/c1-11(20(22,23)24)31-19-17(13-5-7-14(21)8-6-13)27-16(10-26-19)18(29)25-9-15(28-30-2)12-3-4-12/h5-8,10-12H,3-4,9H2,1-2H3,(H,25,29)/b28-15-. The van der Waals surface area contributed by atoms with Crippen LogP contribution in [0, 0.1) is 5.92 Å². The van der Waals surface area contributed by atoms with E-state index in [4.69, 9.17) is 21.2 Å². The highest BCUT2D eigenvalue weighted by atomic mass is 35.5. The first kappa shape index (κ1) is 22.8. The van der Waals surface area contributed by atoms with Crippen molar-refractivity contribution in [3.05, 3.63) is 41.2 Å². The van der Waals surface area contributed by atoms with E-state index in [1.54, 1.807) is 24.3 Å². The molecule has 3 rings (SSSR count). The Morgan fingerprint density at radius 2 is 2.00 bits per heavy atom. The van der Waals surface area contributed by atoms with Gasteiger partial charge in [0.1, 0.15) is 18.5 Å². The van der Waals surface area contributed by atoms with Gasteiger partial charge in [-0.1, -0.05) is 28.9 Å². The Hall–Kier alpha value is -2.88. The molecule has 1 atom stereocenters. The zero-order valence-electron chi connectivity index (χ0n) is 16.7. The number of nitrogens with zero attached hydrogens (tertiary/aromatic N) is 3. The summed E-state index contributed by atoms with van der Waals surface area (Å²) in [6.45, 7) is 1.03. The van der Waals surface area contributed by atoms with Gasteiger partial charge in [0, 0.05) is 16.5 Å². The van der Waals surface area contributed by atoms with E-state index in [0.29, 0.717) is 16.3 Å². The second-order valence-corrected chi connectivity index (χ2v) is 7.38. The van der Waals surface area contributed by atoms with Gasteiger partial charge in [-0.25, -0.2) is 9.97 Å². The van der Waals surface area contributed by atoms with Crippen LogP contribution in [-0.4, -0.2) is 47.5 Å². The smallest absolute Gasteiger partial charge is 0.425 e. The number of hydrogen-bond donors (Lipinski definition) is 1. The number of halogens is 4. The van der Waals surface area contributed by atoms with Crippen molar-refractivity contribution in [2.45, 2.75) is 32.0 Å². The monoisotopic (exact) mass is 456 g/mol. The van der Waals surface area contributed by atoms with E-state index in [0.717, 1.165) is 26.0 Å². The molecule has 1 fully saturated rings. The highest BCUT2D eigenvalue weighted by Crippen LogP contribution is 2.32. The number of hydrogen-bond acceptors (Lipinski definition) is 6. The van der Waals surface area contributed by atoms with E-state index in [1.165, 1.54) is 7.11 Å². The Bertz CT molecular complexity index is 963. The van der Waals surface area contributed by atoms with E-state index in [2.05, 4.69) is 20.4 Å². The van der Waals surface area contributed by atoms with Gasteiger partial charge in [0.05, 0.1) is 18.5 Å². The average molecular weight is 457 g/mol. The third-order valence-corrected chi connectivity index (χ3v) is 4.78. The molecule has 1 amide bonds. The number of carbonyl (C=O) groups is 1. The van der Waals surface area contributed by atoms with Crippen LogP contribution in [0.2, 0.25) is 5.02 Å². The second-order valence-electron chi connectivity index (χ2n) is 6.94. The maximum Gasteiger partial charge on any atom is 0.425 e. The first-order chi connectivity index (χ1) is 14.7. The maximum absolute atomic E-state index is 13.0. The normalized spacial score (nSPS) is 15.4. The van der Waals surface area contributed by atoms with Crippen molar-refractivity contribution in [2.75, 3.05) is 13.7 Å². The molecule has 0 aliphatic heterocycles. The first-order valence-corrected chi connectivity index (χ1v) is 9.81. The van der Waals surface area contributed by atoms with Crippen LogP contribution in [-0.2, 0) is 4.84 Å². The number of carbonyl (C=O) groups excluding carboxylic acids is 1. The van der Waals surface area contributed by atoms with Crippen molar-refractivity contribution in [1.29, 1.82) is 0 Å². The van der Waals surface area contributed by atoms with Crippen LogP contribution in [0.25, 0.3) is 11.3 Å². The molecule has 1 aliphatic rings. The molecule has 0 radical (unpaired) electrons.